The Morgan fingerprint density at radius 1 is 1.04 bits per heavy atom. The predicted octanol–water partition coefficient (Wildman–Crippen LogP) is 5.66. The van der Waals surface area contributed by atoms with Crippen LogP contribution in [0.25, 0.3) is 21.3 Å². The van der Waals surface area contributed by atoms with Gasteiger partial charge >= 0.3 is 0 Å². The maximum absolute atomic E-state index is 6.28. The first-order valence-corrected chi connectivity index (χ1v) is 9.46. The van der Waals surface area contributed by atoms with Crippen molar-refractivity contribution < 1.29 is 4.74 Å². The Labute approximate surface area is 164 Å². The van der Waals surface area contributed by atoms with Crippen molar-refractivity contribution in [3.8, 4) is 16.3 Å². The van der Waals surface area contributed by atoms with Gasteiger partial charge in [-0.1, -0.05) is 29.3 Å². The highest BCUT2D eigenvalue weighted by molar-refractivity contribution is 7.13. The van der Waals surface area contributed by atoms with Crippen LogP contribution >= 0.6 is 34.5 Å². The van der Waals surface area contributed by atoms with E-state index in [4.69, 9.17) is 27.9 Å². The lowest BCUT2D eigenvalue weighted by molar-refractivity contribution is 0.415. The minimum absolute atomic E-state index is 0.473. The SMILES string of the molecule is COc1ccc2c(Cc3c(Cl)cncc3Cl)nnc(-c3cccs3)c2c1. The summed E-state index contributed by atoms with van der Waals surface area (Å²) in [5.74, 6) is 0.772. The van der Waals surface area contributed by atoms with E-state index in [2.05, 4.69) is 15.2 Å². The molecule has 4 nitrogen and oxygen atoms in total. The fraction of sp³-hybridized carbons (Fsp3) is 0.105. The van der Waals surface area contributed by atoms with Gasteiger partial charge < -0.3 is 4.74 Å². The van der Waals surface area contributed by atoms with Crippen molar-refractivity contribution in [3.63, 3.8) is 0 Å². The first-order valence-electron chi connectivity index (χ1n) is 7.82. The zero-order valence-corrected chi connectivity index (χ0v) is 16.1. The number of pyridine rings is 1. The molecule has 0 aliphatic heterocycles. The van der Waals surface area contributed by atoms with Gasteiger partial charge in [0.2, 0.25) is 0 Å². The van der Waals surface area contributed by atoms with Crippen molar-refractivity contribution in [3.05, 3.63) is 69.4 Å². The Kier molecular flexibility index (Phi) is 4.76. The van der Waals surface area contributed by atoms with E-state index in [9.17, 15) is 0 Å². The van der Waals surface area contributed by atoms with Crippen LogP contribution in [-0.4, -0.2) is 22.3 Å². The normalized spacial score (nSPS) is 11.0. The summed E-state index contributed by atoms with van der Waals surface area (Å²) in [6.45, 7) is 0. The van der Waals surface area contributed by atoms with Gasteiger partial charge in [-0.05, 0) is 35.2 Å². The van der Waals surface area contributed by atoms with Gasteiger partial charge in [-0.2, -0.15) is 5.10 Å². The first-order chi connectivity index (χ1) is 12.7. The van der Waals surface area contributed by atoms with Crippen molar-refractivity contribution in [2.45, 2.75) is 6.42 Å². The molecule has 0 saturated carbocycles. The van der Waals surface area contributed by atoms with E-state index in [1.54, 1.807) is 30.8 Å². The quantitative estimate of drug-likeness (QED) is 0.442. The number of fused-ring (bicyclic) bond motifs is 1. The second kappa shape index (κ2) is 7.19. The molecule has 4 aromatic rings. The van der Waals surface area contributed by atoms with E-state index in [0.717, 1.165) is 38.4 Å². The van der Waals surface area contributed by atoms with Crippen molar-refractivity contribution in [1.29, 1.82) is 0 Å². The van der Waals surface area contributed by atoms with Gasteiger partial charge in [0.25, 0.3) is 0 Å². The largest absolute Gasteiger partial charge is 0.497 e. The molecule has 26 heavy (non-hydrogen) atoms. The maximum atomic E-state index is 6.28. The molecule has 0 N–H and O–H groups in total. The van der Waals surface area contributed by atoms with Crippen molar-refractivity contribution >= 4 is 45.3 Å². The van der Waals surface area contributed by atoms with Gasteiger partial charge in [0, 0.05) is 29.6 Å². The minimum atomic E-state index is 0.473. The monoisotopic (exact) mass is 401 g/mol. The molecule has 0 aliphatic carbocycles. The third-order valence-electron chi connectivity index (χ3n) is 4.11. The van der Waals surface area contributed by atoms with Gasteiger partial charge in [0.1, 0.15) is 11.4 Å². The van der Waals surface area contributed by atoms with Crippen LogP contribution < -0.4 is 4.74 Å². The fourth-order valence-corrected chi connectivity index (χ4v) is 4.04. The van der Waals surface area contributed by atoms with Crippen LogP contribution in [-0.2, 0) is 6.42 Å². The summed E-state index contributed by atoms with van der Waals surface area (Å²) < 4.78 is 5.40. The average Bonchev–Trinajstić information content (AvgIpc) is 3.18. The minimum Gasteiger partial charge on any atom is -0.497 e. The zero-order chi connectivity index (χ0) is 18.1. The van der Waals surface area contributed by atoms with Crippen LogP contribution in [0.4, 0.5) is 0 Å². The lowest BCUT2D eigenvalue weighted by Gasteiger charge is -2.11. The Bertz CT molecular complexity index is 1060. The van der Waals surface area contributed by atoms with Crippen LogP contribution in [0, 0.1) is 0 Å². The Morgan fingerprint density at radius 2 is 1.85 bits per heavy atom. The molecule has 3 aromatic heterocycles. The number of nitrogens with zero attached hydrogens (tertiary/aromatic N) is 3. The molecular formula is C19H13Cl2N3OS. The molecule has 0 aliphatic rings. The van der Waals surface area contributed by atoms with Crippen molar-refractivity contribution in [2.75, 3.05) is 7.11 Å². The smallest absolute Gasteiger partial charge is 0.119 e. The highest BCUT2D eigenvalue weighted by atomic mass is 35.5. The summed E-state index contributed by atoms with van der Waals surface area (Å²) in [5.41, 5.74) is 2.43. The average molecular weight is 402 g/mol. The molecule has 0 saturated heterocycles. The summed E-state index contributed by atoms with van der Waals surface area (Å²) in [6, 6.07) is 9.93. The topological polar surface area (TPSA) is 47.9 Å². The molecule has 130 valence electrons. The number of thiophene rings is 1. The van der Waals surface area contributed by atoms with Crippen LogP contribution in [0.1, 0.15) is 11.3 Å². The van der Waals surface area contributed by atoms with Gasteiger partial charge in [-0.15, -0.1) is 16.4 Å². The molecule has 0 radical (unpaired) electrons. The number of hydrogen-bond donors (Lipinski definition) is 0. The lowest BCUT2D eigenvalue weighted by Crippen LogP contribution is -2.00. The van der Waals surface area contributed by atoms with Crippen LogP contribution in [0.5, 0.6) is 5.75 Å². The number of aromatic nitrogens is 3. The molecule has 7 heteroatoms. The summed E-state index contributed by atoms with van der Waals surface area (Å²) >= 11 is 14.2. The van der Waals surface area contributed by atoms with E-state index in [0.29, 0.717) is 16.5 Å². The summed E-state index contributed by atoms with van der Waals surface area (Å²) in [5, 5.41) is 14.0. The number of rotatable bonds is 4. The van der Waals surface area contributed by atoms with Crippen LogP contribution in [0.3, 0.4) is 0 Å². The summed E-state index contributed by atoms with van der Waals surface area (Å²) in [7, 11) is 1.65. The zero-order valence-electron chi connectivity index (χ0n) is 13.7. The standard InChI is InChI=1S/C19H13Cl2N3OS/c1-25-11-4-5-12-13(7-11)19(18-3-2-6-26-18)24-23-17(12)8-14-15(20)9-22-10-16(14)21/h2-7,9-10H,8H2,1H3. The van der Waals surface area contributed by atoms with Crippen LogP contribution in [0.2, 0.25) is 10.0 Å². The third kappa shape index (κ3) is 3.14. The molecule has 4 rings (SSSR count). The maximum Gasteiger partial charge on any atom is 0.119 e. The highest BCUT2D eigenvalue weighted by Gasteiger charge is 2.16. The number of ether oxygens (including phenoxy) is 1. The lowest BCUT2D eigenvalue weighted by atomic mass is 10.0. The molecule has 0 unspecified atom stereocenters. The summed E-state index contributed by atoms with van der Waals surface area (Å²) in [4.78, 5) is 5.06. The van der Waals surface area contributed by atoms with E-state index < -0.39 is 0 Å². The fourth-order valence-electron chi connectivity index (χ4n) is 2.82. The van der Waals surface area contributed by atoms with E-state index in [1.165, 1.54) is 0 Å². The highest BCUT2D eigenvalue weighted by Crippen LogP contribution is 2.34. The van der Waals surface area contributed by atoms with E-state index in [-0.39, 0.29) is 0 Å². The molecule has 0 bridgehead atoms. The van der Waals surface area contributed by atoms with Crippen LogP contribution in [0.15, 0.2) is 48.1 Å². The number of hydrogen-bond acceptors (Lipinski definition) is 5. The molecule has 0 spiro atoms. The number of methoxy groups -OCH3 is 1. The molecular weight excluding hydrogens is 389 g/mol. The first kappa shape index (κ1) is 17.2. The number of benzene rings is 1. The predicted molar refractivity (Wildman–Crippen MR) is 106 cm³/mol. The third-order valence-corrected chi connectivity index (χ3v) is 5.64. The molecule has 0 atom stereocenters. The van der Waals surface area contributed by atoms with Crippen molar-refractivity contribution in [2.24, 2.45) is 0 Å². The Hall–Kier alpha value is -2.21. The molecule has 1 aromatic carbocycles. The molecule has 0 amide bonds. The van der Waals surface area contributed by atoms with Gasteiger partial charge in [-0.25, -0.2) is 0 Å². The molecule has 0 fully saturated rings. The number of halogens is 2. The van der Waals surface area contributed by atoms with E-state index in [1.807, 2.05) is 35.7 Å². The van der Waals surface area contributed by atoms with E-state index >= 15 is 0 Å². The second-order valence-electron chi connectivity index (χ2n) is 5.64. The Morgan fingerprint density at radius 3 is 2.54 bits per heavy atom. The van der Waals surface area contributed by atoms with Crippen molar-refractivity contribution in [1.82, 2.24) is 15.2 Å². The van der Waals surface area contributed by atoms with Gasteiger partial charge in [0.05, 0.1) is 27.7 Å². The Balaban J connectivity index is 1.90. The second-order valence-corrected chi connectivity index (χ2v) is 7.40. The summed E-state index contributed by atoms with van der Waals surface area (Å²) in [6.07, 6.45) is 3.64. The van der Waals surface area contributed by atoms with Gasteiger partial charge in [-0.3, -0.25) is 4.98 Å². The van der Waals surface area contributed by atoms with Gasteiger partial charge in [0.15, 0.2) is 0 Å². The molecule has 3 heterocycles.